The van der Waals surface area contributed by atoms with Gasteiger partial charge in [-0.2, -0.15) is 0 Å². The Hall–Kier alpha value is -0.760. The van der Waals surface area contributed by atoms with Gasteiger partial charge >= 0.3 is 0 Å². The van der Waals surface area contributed by atoms with Gasteiger partial charge in [0.1, 0.15) is 5.76 Å². The molecule has 72 valence electrons. The third-order valence-corrected chi connectivity index (χ3v) is 3.34. The van der Waals surface area contributed by atoms with E-state index in [2.05, 4.69) is 6.92 Å². The average Bonchev–Trinajstić information content (AvgIpc) is 2.63. The van der Waals surface area contributed by atoms with E-state index in [1.165, 1.54) is 19.3 Å². The van der Waals surface area contributed by atoms with Gasteiger partial charge in [0.2, 0.25) is 0 Å². The SMILES string of the molecule is C[C@@H]1CCCC[C@@]1(N)c1ccco1. The quantitative estimate of drug-likeness (QED) is 0.719. The lowest BCUT2D eigenvalue weighted by atomic mass is 9.73. The molecule has 0 radical (unpaired) electrons. The normalized spacial score (nSPS) is 34.8. The highest BCUT2D eigenvalue weighted by molar-refractivity contribution is 5.14. The van der Waals surface area contributed by atoms with E-state index < -0.39 is 0 Å². The molecular formula is C11H17NO. The maximum Gasteiger partial charge on any atom is 0.123 e. The third kappa shape index (κ3) is 1.39. The smallest absolute Gasteiger partial charge is 0.123 e. The molecule has 0 spiro atoms. The Bertz CT molecular complexity index is 268. The first-order valence-electron chi connectivity index (χ1n) is 5.06. The number of hydrogen-bond acceptors (Lipinski definition) is 2. The first-order valence-corrected chi connectivity index (χ1v) is 5.06. The summed E-state index contributed by atoms with van der Waals surface area (Å²) in [6, 6.07) is 3.92. The van der Waals surface area contributed by atoms with Gasteiger partial charge in [-0.25, -0.2) is 0 Å². The van der Waals surface area contributed by atoms with Crippen LogP contribution in [0.25, 0.3) is 0 Å². The average molecular weight is 179 g/mol. The molecule has 2 atom stereocenters. The molecule has 1 aliphatic rings. The zero-order valence-corrected chi connectivity index (χ0v) is 8.12. The Morgan fingerprint density at radius 3 is 3.00 bits per heavy atom. The van der Waals surface area contributed by atoms with Gasteiger partial charge in [0.25, 0.3) is 0 Å². The van der Waals surface area contributed by atoms with Crippen molar-refractivity contribution in [2.45, 2.75) is 38.1 Å². The summed E-state index contributed by atoms with van der Waals surface area (Å²) in [5.74, 6) is 1.49. The second-order valence-electron chi connectivity index (χ2n) is 4.16. The number of hydrogen-bond donors (Lipinski definition) is 1. The van der Waals surface area contributed by atoms with Gasteiger partial charge in [0, 0.05) is 0 Å². The number of furan rings is 1. The minimum atomic E-state index is -0.207. The lowest BCUT2D eigenvalue weighted by Crippen LogP contribution is -2.44. The molecule has 2 rings (SSSR count). The predicted molar refractivity (Wildman–Crippen MR) is 52.2 cm³/mol. The molecule has 1 aromatic heterocycles. The predicted octanol–water partition coefficient (Wildman–Crippen LogP) is 2.64. The van der Waals surface area contributed by atoms with E-state index in [0.717, 1.165) is 12.2 Å². The Balaban J connectivity index is 2.27. The van der Waals surface area contributed by atoms with Gasteiger partial charge in [0.05, 0.1) is 11.8 Å². The van der Waals surface area contributed by atoms with E-state index in [1.807, 2.05) is 12.1 Å². The van der Waals surface area contributed by atoms with E-state index in [-0.39, 0.29) is 5.54 Å². The fourth-order valence-electron chi connectivity index (χ4n) is 2.28. The van der Waals surface area contributed by atoms with Crippen LogP contribution in [0.1, 0.15) is 38.4 Å². The van der Waals surface area contributed by atoms with Crippen molar-refractivity contribution in [3.8, 4) is 0 Å². The summed E-state index contributed by atoms with van der Waals surface area (Å²) in [6.07, 6.45) is 6.52. The lowest BCUT2D eigenvalue weighted by Gasteiger charge is -2.37. The lowest BCUT2D eigenvalue weighted by molar-refractivity contribution is 0.173. The standard InChI is InChI=1S/C11H17NO/c1-9-5-2-3-7-11(9,12)10-6-4-8-13-10/h4,6,8-9H,2-3,5,7,12H2,1H3/t9-,11+/m1/s1. The van der Waals surface area contributed by atoms with Crippen molar-refractivity contribution in [2.24, 2.45) is 11.7 Å². The van der Waals surface area contributed by atoms with Gasteiger partial charge in [0.15, 0.2) is 0 Å². The van der Waals surface area contributed by atoms with Crippen LogP contribution in [0.2, 0.25) is 0 Å². The highest BCUT2D eigenvalue weighted by atomic mass is 16.3. The second kappa shape index (κ2) is 3.18. The maximum atomic E-state index is 6.37. The number of nitrogens with two attached hydrogens (primary N) is 1. The Labute approximate surface area is 79.1 Å². The minimum Gasteiger partial charge on any atom is -0.467 e. The third-order valence-electron chi connectivity index (χ3n) is 3.34. The van der Waals surface area contributed by atoms with E-state index in [1.54, 1.807) is 6.26 Å². The van der Waals surface area contributed by atoms with Crippen molar-refractivity contribution in [3.63, 3.8) is 0 Å². The highest BCUT2D eigenvalue weighted by Crippen LogP contribution is 2.39. The molecule has 1 fully saturated rings. The second-order valence-corrected chi connectivity index (χ2v) is 4.16. The van der Waals surface area contributed by atoms with Crippen LogP contribution >= 0.6 is 0 Å². The van der Waals surface area contributed by atoms with Crippen LogP contribution in [0, 0.1) is 5.92 Å². The summed E-state index contributed by atoms with van der Waals surface area (Å²) in [5, 5.41) is 0. The summed E-state index contributed by atoms with van der Waals surface area (Å²) in [5.41, 5.74) is 6.17. The van der Waals surface area contributed by atoms with Crippen molar-refractivity contribution in [1.82, 2.24) is 0 Å². The van der Waals surface area contributed by atoms with E-state index >= 15 is 0 Å². The zero-order chi connectivity index (χ0) is 9.31. The molecule has 0 aliphatic heterocycles. The van der Waals surface area contributed by atoms with Gasteiger partial charge in [-0.3, -0.25) is 0 Å². The van der Waals surface area contributed by atoms with Gasteiger partial charge < -0.3 is 10.2 Å². The van der Waals surface area contributed by atoms with Crippen LogP contribution in [-0.4, -0.2) is 0 Å². The van der Waals surface area contributed by atoms with Crippen molar-refractivity contribution in [1.29, 1.82) is 0 Å². The molecule has 0 bridgehead atoms. The molecular weight excluding hydrogens is 162 g/mol. The highest BCUT2D eigenvalue weighted by Gasteiger charge is 2.38. The zero-order valence-electron chi connectivity index (χ0n) is 8.12. The number of rotatable bonds is 1. The maximum absolute atomic E-state index is 6.37. The van der Waals surface area contributed by atoms with Crippen molar-refractivity contribution < 1.29 is 4.42 Å². The molecule has 2 N–H and O–H groups in total. The minimum absolute atomic E-state index is 0.207. The van der Waals surface area contributed by atoms with Crippen molar-refractivity contribution >= 4 is 0 Å². The molecule has 1 saturated carbocycles. The molecule has 0 saturated heterocycles. The molecule has 1 aromatic rings. The molecule has 0 unspecified atom stereocenters. The van der Waals surface area contributed by atoms with Gasteiger partial charge in [-0.1, -0.05) is 19.8 Å². The largest absolute Gasteiger partial charge is 0.467 e. The first kappa shape index (κ1) is 8.82. The first-order chi connectivity index (χ1) is 6.23. The topological polar surface area (TPSA) is 39.2 Å². The molecule has 0 amide bonds. The van der Waals surface area contributed by atoms with Crippen LogP contribution in [0.4, 0.5) is 0 Å². The van der Waals surface area contributed by atoms with Gasteiger partial charge in [-0.05, 0) is 30.9 Å². The van der Waals surface area contributed by atoms with E-state index in [0.29, 0.717) is 5.92 Å². The van der Waals surface area contributed by atoms with Crippen LogP contribution in [0.5, 0.6) is 0 Å². The van der Waals surface area contributed by atoms with Crippen LogP contribution in [-0.2, 0) is 5.54 Å². The van der Waals surface area contributed by atoms with E-state index in [4.69, 9.17) is 10.2 Å². The summed E-state index contributed by atoms with van der Waals surface area (Å²) in [4.78, 5) is 0. The summed E-state index contributed by atoms with van der Waals surface area (Å²) < 4.78 is 5.42. The monoisotopic (exact) mass is 179 g/mol. The fourth-order valence-corrected chi connectivity index (χ4v) is 2.28. The molecule has 1 heterocycles. The summed E-state index contributed by atoms with van der Waals surface area (Å²) in [7, 11) is 0. The van der Waals surface area contributed by atoms with Crippen LogP contribution < -0.4 is 5.73 Å². The molecule has 0 aromatic carbocycles. The van der Waals surface area contributed by atoms with Crippen LogP contribution in [0.15, 0.2) is 22.8 Å². The van der Waals surface area contributed by atoms with Crippen LogP contribution in [0.3, 0.4) is 0 Å². The molecule has 13 heavy (non-hydrogen) atoms. The molecule has 1 aliphatic carbocycles. The van der Waals surface area contributed by atoms with Gasteiger partial charge in [-0.15, -0.1) is 0 Å². The van der Waals surface area contributed by atoms with E-state index in [9.17, 15) is 0 Å². The molecule has 2 heteroatoms. The summed E-state index contributed by atoms with van der Waals surface area (Å²) >= 11 is 0. The summed E-state index contributed by atoms with van der Waals surface area (Å²) in [6.45, 7) is 2.22. The fraction of sp³-hybridized carbons (Fsp3) is 0.636. The Morgan fingerprint density at radius 1 is 1.54 bits per heavy atom. The van der Waals surface area contributed by atoms with Crippen molar-refractivity contribution in [3.05, 3.63) is 24.2 Å². The Morgan fingerprint density at radius 2 is 2.38 bits per heavy atom. The van der Waals surface area contributed by atoms with Crippen molar-refractivity contribution in [2.75, 3.05) is 0 Å². The molecule has 2 nitrogen and oxygen atoms in total. The Kier molecular flexibility index (Phi) is 2.16.